The molecule has 5 nitrogen and oxygen atoms in total. The van der Waals surface area contributed by atoms with E-state index in [1.807, 2.05) is 13.1 Å². The summed E-state index contributed by atoms with van der Waals surface area (Å²) in [4.78, 5) is 13.7. The van der Waals surface area contributed by atoms with Gasteiger partial charge in [-0.25, -0.2) is 4.98 Å². The summed E-state index contributed by atoms with van der Waals surface area (Å²) in [5, 5.41) is 13.9. The van der Waals surface area contributed by atoms with E-state index in [4.69, 9.17) is 0 Å². The molecule has 0 bridgehead atoms. The van der Waals surface area contributed by atoms with Crippen LogP contribution in [0.4, 0.5) is 5.00 Å². The SMILES string of the molecule is CNCC=Cc1ncc([N+](=O)[O-])s1. The Hall–Kier alpha value is -1.27. The topological polar surface area (TPSA) is 68.1 Å². The van der Waals surface area contributed by atoms with Crippen LogP contribution in [0.3, 0.4) is 0 Å². The highest BCUT2D eigenvalue weighted by Gasteiger charge is 2.08. The normalized spacial score (nSPS) is 10.8. The molecule has 0 amide bonds. The molecule has 0 atom stereocenters. The summed E-state index contributed by atoms with van der Waals surface area (Å²) in [6, 6.07) is 0. The average Bonchev–Trinajstić information content (AvgIpc) is 2.53. The summed E-state index contributed by atoms with van der Waals surface area (Å²) in [7, 11) is 1.83. The van der Waals surface area contributed by atoms with Gasteiger partial charge in [0.25, 0.3) is 0 Å². The van der Waals surface area contributed by atoms with E-state index >= 15 is 0 Å². The lowest BCUT2D eigenvalue weighted by molar-refractivity contribution is -0.380. The van der Waals surface area contributed by atoms with Gasteiger partial charge in [-0.15, -0.1) is 0 Å². The summed E-state index contributed by atoms with van der Waals surface area (Å²) in [5.74, 6) is 0. The minimum Gasteiger partial charge on any atom is -0.316 e. The van der Waals surface area contributed by atoms with Crippen LogP contribution in [0.1, 0.15) is 5.01 Å². The largest absolute Gasteiger partial charge is 0.344 e. The second-order valence-corrected chi connectivity index (χ2v) is 3.29. The Morgan fingerprint density at radius 3 is 3.15 bits per heavy atom. The maximum Gasteiger partial charge on any atom is 0.344 e. The van der Waals surface area contributed by atoms with Crippen LogP contribution < -0.4 is 5.32 Å². The van der Waals surface area contributed by atoms with Crippen LogP contribution >= 0.6 is 11.3 Å². The molecule has 1 aromatic heterocycles. The molecule has 0 saturated carbocycles. The van der Waals surface area contributed by atoms with Crippen LogP contribution in [0.5, 0.6) is 0 Å². The van der Waals surface area contributed by atoms with Crippen molar-refractivity contribution in [3.8, 4) is 0 Å². The molecule has 0 aliphatic heterocycles. The number of hydrogen-bond donors (Lipinski definition) is 1. The molecule has 1 heterocycles. The van der Waals surface area contributed by atoms with E-state index in [9.17, 15) is 10.1 Å². The first kappa shape index (κ1) is 9.82. The Labute approximate surface area is 79.3 Å². The van der Waals surface area contributed by atoms with Crippen LogP contribution in [-0.4, -0.2) is 23.5 Å². The van der Waals surface area contributed by atoms with Gasteiger partial charge < -0.3 is 5.32 Å². The van der Waals surface area contributed by atoms with E-state index in [-0.39, 0.29) is 5.00 Å². The maximum atomic E-state index is 10.3. The average molecular weight is 199 g/mol. The lowest BCUT2D eigenvalue weighted by Crippen LogP contribution is -2.03. The summed E-state index contributed by atoms with van der Waals surface area (Å²) in [5.41, 5.74) is 0. The maximum absolute atomic E-state index is 10.3. The van der Waals surface area contributed by atoms with Gasteiger partial charge in [0, 0.05) is 6.54 Å². The third-order valence-electron chi connectivity index (χ3n) is 1.27. The number of nitrogens with zero attached hydrogens (tertiary/aromatic N) is 2. The molecule has 0 aliphatic carbocycles. The fourth-order valence-electron chi connectivity index (χ4n) is 0.718. The van der Waals surface area contributed by atoms with Crippen molar-refractivity contribution in [1.29, 1.82) is 0 Å². The van der Waals surface area contributed by atoms with Gasteiger partial charge in [0.2, 0.25) is 0 Å². The van der Waals surface area contributed by atoms with E-state index in [1.165, 1.54) is 6.20 Å². The molecular weight excluding hydrogens is 190 g/mol. The van der Waals surface area contributed by atoms with Crippen LogP contribution in [-0.2, 0) is 0 Å². The first-order chi connectivity index (χ1) is 6.24. The van der Waals surface area contributed by atoms with Crippen molar-refractivity contribution < 1.29 is 4.92 Å². The van der Waals surface area contributed by atoms with E-state index in [0.29, 0.717) is 5.01 Å². The summed E-state index contributed by atoms with van der Waals surface area (Å²) < 4.78 is 0. The molecular formula is C7H9N3O2S. The number of rotatable bonds is 4. The summed E-state index contributed by atoms with van der Waals surface area (Å²) >= 11 is 1.07. The second-order valence-electron chi connectivity index (χ2n) is 2.25. The Kier molecular flexibility index (Phi) is 3.53. The van der Waals surface area contributed by atoms with Crippen molar-refractivity contribution in [1.82, 2.24) is 10.3 Å². The molecule has 1 rings (SSSR count). The fourth-order valence-corrected chi connectivity index (χ4v) is 1.38. The number of nitrogens with one attached hydrogen (secondary N) is 1. The van der Waals surface area contributed by atoms with Gasteiger partial charge in [-0.05, 0) is 24.5 Å². The van der Waals surface area contributed by atoms with Crippen LogP contribution in [0, 0.1) is 10.1 Å². The first-order valence-electron chi connectivity index (χ1n) is 3.65. The lowest BCUT2D eigenvalue weighted by Gasteiger charge is -1.85. The number of thiazole rings is 1. The monoisotopic (exact) mass is 199 g/mol. The van der Waals surface area contributed by atoms with E-state index in [2.05, 4.69) is 10.3 Å². The highest BCUT2D eigenvalue weighted by molar-refractivity contribution is 7.15. The Morgan fingerprint density at radius 2 is 2.62 bits per heavy atom. The van der Waals surface area contributed by atoms with E-state index in [1.54, 1.807) is 6.08 Å². The number of nitro groups is 1. The van der Waals surface area contributed by atoms with Crippen molar-refractivity contribution in [2.45, 2.75) is 0 Å². The molecule has 0 radical (unpaired) electrons. The predicted octanol–water partition coefficient (Wildman–Crippen LogP) is 1.28. The van der Waals surface area contributed by atoms with E-state index in [0.717, 1.165) is 17.9 Å². The molecule has 13 heavy (non-hydrogen) atoms. The zero-order valence-electron chi connectivity index (χ0n) is 7.06. The van der Waals surface area contributed by atoms with Gasteiger partial charge in [0.05, 0.1) is 4.92 Å². The zero-order valence-corrected chi connectivity index (χ0v) is 7.87. The van der Waals surface area contributed by atoms with Crippen molar-refractivity contribution in [3.63, 3.8) is 0 Å². The Morgan fingerprint density at radius 1 is 1.85 bits per heavy atom. The molecule has 1 N–H and O–H groups in total. The van der Waals surface area contributed by atoms with Gasteiger partial charge in [0.15, 0.2) is 0 Å². The standard InChI is InChI=1S/C7H9N3O2S/c1-8-4-2-3-6-9-5-7(13-6)10(11)12/h2-3,5,8H,4H2,1H3. The van der Waals surface area contributed by atoms with Crippen LogP contribution in [0.15, 0.2) is 12.3 Å². The first-order valence-corrected chi connectivity index (χ1v) is 4.47. The molecule has 70 valence electrons. The Bertz CT molecular complexity index is 321. The predicted molar refractivity (Wildman–Crippen MR) is 51.7 cm³/mol. The quantitative estimate of drug-likeness (QED) is 0.586. The number of aromatic nitrogens is 1. The highest BCUT2D eigenvalue weighted by Crippen LogP contribution is 2.21. The summed E-state index contributed by atoms with van der Waals surface area (Å²) in [6.45, 7) is 0.730. The van der Waals surface area contributed by atoms with Crippen molar-refractivity contribution in [2.24, 2.45) is 0 Å². The van der Waals surface area contributed by atoms with Gasteiger partial charge in [-0.2, -0.15) is 0 Å². The van der Waals surface area contributed by atoms with E-state index < -0.39 is 4.92 Å². The number of likely N-dealkylation sites (N-methyl/N-ethyl adjacent to an activating group) is 1. The minimum atomic E-state index is -0.437. The van der Waals surface area contributed by atoms with Gasteiger partial charge >= 0.3 is 5.00 Å². The van der Waals surface area contributed by atoms with Crippen LogP contribution in [0.2, 0.25) is 0 Å². The molecule has 0 aliphatic rings. The van der Waals surface area contributed by atoms with Gasteiger partial charge in [-0.3, -0.25) is 10.1 Å². The Balaban J connectivity index is 2.64. The zero-order chi connectivity index (χ0) is 9.68. The second kappa shape index (κ2) is 4.68. The van der Waals surface area contributed by atoms with Crippen molar-refractivity contribution in [3.05, 3.63) is 27.4 Å². The van der Waals surface area contributed by atoms with Crippen molar-refractivity contribution >= 4 is 22.4 Å². The molecule has 0 saturated heterocycles. The fraction of sp³-hybridized carbons (Fsp3) is 0.286. The molecule has 0 fully saturated rings. The minimum absolute atomic E-state index is 0.0732. The molecule has 1 aromatic rings. The van der Waals surface area contributed by atoms with Gasteiger partial charge in [0.1, 0.15) is 11.2 Å². The molecule has 0 spiro atoms. The van der Waals surface area contributed by atoms with Gasteiger partial charge in [-0.1, -0.05) is 6.08 Å². The molecule has 0 aromatic carbocycles. The third-order valence-corrected chi connectivity index (χ3v) is 2.19. The smallest absolute Gasteiger partial charge is 0.316 e. The summed E-state index contributed by atoms with van der Waals surface area (Å²) in [6.07, 6.45) is 4.89. The highest BCUT2D eigenvalue weighted by atomic mass is 32.1. The number of hydrogen-bond acceptors (Lipinski definition) is 5. The molecule has 6 heteroatoms. The van der Waals surface area contributed by atoms with Crippen LogP contribution in [0.25, 0.3) is 6.08 Å². The van der Waals surface area contributed by atoms with Crippen molar-refractivity contribution in [2.75, 3.05) is 13.6 Å². The third kappa shape index (κ3) is 2.92. The lowest BCUT2D eigenvalue weighted by atomic mass is 10.5. The molecule has 0 unspecified atom stereocenters.